The maximum Gasteiger partial charge on any atom is 0.251 e. The van der Waals surface area contributed by atoms with E-state index in [9.17, 15) is 19.2 Å². The van der Waals surface area contributed by atoms with E-state index < -0.39 is 12.1 Å². The Labute approximate surface area is 466 Å². The molecule has 6 aromatic rings. The predicted octanol–water partition coefficient (Wildman–Crippen LogP) is 8.83. The van der Waals surface area contributed by atoms with Gasteiger partial charge in [0.25, 0.3) is 5.91 Å². The van der Waals surface area contributed by atoms with E-state index in [1.54, 1.807) is 56.7 Å². The van der Waals surface area contributed by atoms with Crippen LogP contribution in [0.4, 0.5) is 5.69 Å². The maximum absolute atomic E-state index is 14.2. The van der Waals surface area contributed by atoms with E-state index in [0.717, 1.165) is 92.6 Å². The molecule has 2 fully saturated rings. The van der Waals surface area contributed by atoms with Gasteiger partial charge in [0, 0.05) is 55.6 Å². The zero-order valence-electron chi connectivity index (χ0n) is 45.6. The van der Waals surface area contributed by atoms with Gasteiger partial charge >= 0.3 is 0 Å². The average molecular weight is 1100 g/mol. The molecular weight excluding hydrogens is 1020 g/mol. The second-order valence-corrected chi connectivity index (χ2v) is 21.0. The Morgan fingerprint density at radius 1 is 0.785 bits per heavy atom. The van der Waals surface area contributed by atoms with Crippen LogP contribution in [0.2, 0.25) is 0 Å². The van der Waals surface area contributed by atoms with Crippen LogP contribution >= 0.6 is 11.3 Å². The molecule has 420 valence electrons. The number of H-pyrrole nitrogens is 1. The first kappa shape index (κ1) is 58.0. The van der Waals surface area contributed by atoms with Crippen molar-refractivity contribution in [2.45, 2.75) is 122 Å². The highest BCUT2D eigenvalue weighted by Crippen LogP contribution is 2.37. The summed E-state index contributed by atoms with van der Waals surface area (Å²) in [6.07, 6.45) is 15.6. The fourth-order valence-corrected chi connectivity index (χ4v) is 10.9. The standard InChI is InChI=1S/C59H75N11O8S/c1-4-48(65-57(73)44-20-11-21-45(34-44)62-38-52-66-55(69-68-52)49-25-26-61-39-64-49)42-18-12-22-46(35-42)77-31-10-6-9-28-75-29-15-30-76-32-33-78-47-23-13-19-43(36-47)54(71)51-37-63-58(79-51)50-24-14-27-70(50)59(74)53(41-16-7-5-8-17-41)67-56(72)40(2)60-3/h11-13,18-23,25-26,34-37,39-41,48,50,53,60,62H,4-10,14-17,24,27-33,38H2,1-3H3,(H,65,73)(H,67,72)(H,66,68,69)/t40-,48+,50-,53-/m0/s1. The highest BCUT2D eigenvalue weighted by molar-refractivity contribution is 7.14. The summed E-state index contributed by atoms with van der Waals surface area (Å²) in [5, 5.41) is 20.5. The number of amides is 3. The number of ketones is 1. The van der Waals surface area contributed by atoms with Gasteiger partial charge in [0.05, 0.1) is 42.8 Å². The Morgan fingerprint density at radius 2 is 1.54 bits per heavy atom. The van der Waals surface area contributed by atoms with Crippen LogP contribution < -0.4 is 30.7 Å². The van der Waals surface area contributed by atoms with Crippen molar-refractivity contribution in [1.82, 2.24) is 51.0 Å². The minimum absolute atomic E-state index is 0.0552. The van der Waals surface area contributed by atoms with E-state index in [0.29, 0.717) is 98.2 Å². The van der Waals surface area contributed by atoms with Crippen LogP contribution in [0.3, 0.4) is 0 Å². The number of nitrogens with zero attached hydrogens (tertiary/aromatic N) is 6. The molecule has 4 atom stereocenters. The molecule has 3 amide bonds. The Hall–Kier alpha value is -7.13. The van der Waals surface area contributed by atoms with E-state index in [-0.39, 0.29) is 41.5 Å². The number of carbonyl (C=O) groups is 4. The van der Waals surface area contributed by atoms with Gasteiger partial charge in [0.1, 0.15) is 47.0 Å². The smallest absolute Gasteiger partial charge is 0.251 e. The molecule has 0 spiro atoms. The van der Waals surface area contributed by atoms with Crippen molar-refractivity contribution in [3.63, 3.8) is 0 Å². The number of aromatic amines is 1. The number of anilines is 1. The van der Waals surface area contributed by atoms with E-state index >= 15 is 0 Å². The molecule has 1 aliphatic heterocycles. The molecule has 3 aromatic heterocycles. The number of carbonyl (C=O) groups excluding carboxylic acids is 4. The normalized spacial score (nSPS) is 15.7. The maximum atomic E-state index is 14.2. The number of likely N-dealkylation sites (N-methyl/N-ethyl adjacent to an activating group) is 1. The Kier molecular flexibility index (Phi) is 22.3. The van der Waals surface area contributed by atoms with Gasteiger partial charge in [-0.3, -0.25) is 24.3 Å². The zero-order valence-corrected chi connectivity index (χ0v) is 46.4. The van der Waals surface area contributed by atoms with Gasteiger partial charge in [0.2, 0.25) is 17.6 Å². The summed E-state index contributed by atoms with van der Waals surface area (Å²) in [4.78, 5) is 74.0. The first-order valence-corrected chi connectivity index (χ1v) is 28.7. The van der Waals surface area contributed by atoms with Crippen molar-refractivity contribution < 1.29 is 38.1 Å². The number of nitrogens with one attached hydrogen (secondary N) is 5. The first-order valence-electron chi connectivity index (χ1n) is 27.9. The molecular formula is C59H75N11O8S. The zero-order chi connectivity index (χ0) is 55.2. The van der Waals surface area contributed by atoms with Gasteiger partial charge in [0.15, 0.2) is 5.82 Å². The SMILES string of the molecule is CC[C@@H](NC(=O)c1cccc(NCc2nc(-c3ccncn3)n[nH]2)c1)c1cccc(OCCCCCOCCCOCCOc2cccc(C(=O)c3cnc([C@@H]4CCCN4C(=O)[C@@H](NC(=O)[C@H](C)NC)C4CCCCC4)s3)c2)c1. The molecule has 5 N–H and O–H groups in total. The van der Waals surface area contributed by atoms with Gasteiger partial charge in [-0.2, -0.15) is 5.10 Å². The third-order valence-electron chi connectivity index (χ3n) is 14.4. The highest BCUT2D eigenvalue weighted by atomic mass is 32.1. The molecule has 1 saturated heterocycles. The van der Waals surface area contributed by atoms with Gasteiger partial charge < -0.3 is 45.1 Å². The van der Waals surface area contributed by atoms with Crippen LogP contribution in [0, 0.1) is 5.92 Å². The van der Waals surface area contributed by atoms with Crippen molar-refractivity contribution >= 4 is 40.5 Å². The number of unbranched alkanes of at least 4 members (excludes halogenated alkanes) is 2. The summed E-state index contributed by atoms with van der Waals surface area (Å²) in [6, 6.07) is 22.7. The van der Waals surface area contributed by atoms with Crippen LogP contribution in [-0.4, -0.2) is 124 Å². The van der Waals surface area contributed by atoms with Crippen LogP contribution in [-0.2, 0) is 25.6 Å². The molecule has 79 heavy (non-hydrogen) atoms. The van der Waals surface area contributed by atoms with Crippen molar-refractivity contribution in [3.05, 3.63) is 130 Å². The molecule has 20 heteroatoms. The van der Waals surface area contributed by atoms with Crippen molar-refractivity contribution in [2.75, 3.05) is 58.6 Å². The van der Waals surface area contributed by atoms with Gasteiger partial charge in [-0.15, -0.1) is 11.3 Å². The summed E-state index contributed by atoms with van der Waals surface area (Å²) < 4.78 is 23.7. The summed E-state index contributed by atoms with van der Waals surface area (Å²) in [7, 11) is 1.74. The monoisotopic (exact) mass is 1100 g/mol. The Balaban J connectivity index is 0.670. The molecule has 19 nitrogen and oxygen atoms in total. The number of ether oxygens (including phenoxy) is 4. The lowest BCUT2D eigenvalue weighted by atomic mass is 9.83. The molecule has 0 unspecified atom stereocenters. The van der Waals surface area contributed by atoms with Crippen LogP contribution in [0.25, 0.3) is 11.5 Å². The third-order valence-corrected chi connectivity index (χ3v) is 15.5. The summed E-state index contributed by atoms with van der Waals surface area (Å²) in [5.74, 6) is 2.02. The number of rotatable bonds is 31. The number of likely N-dealkylation sites (tertiary alicyclic amines) is 1. The molecule has 0 bridgehead atoms. The van der Waals surface area contributed by atoms with E-state index in [1.165, 1.54) is 17.7 Å². The van der Waals surface area contributed by atoms with Crippen LogP contribution in [0.15, 0.2) is 97.6 Å². The number of hydrogen-bond acceptors (Lipinski definition) is 16. The predicted molar refractivity (Wildman–Crippen MR) is 302 cm³/mol. The van der Waals surface area contributed by atoms with Crippen LogP contribution in [0.5, 0.6) is 11.5 Å². The highest BCUT2D eigenvalue weighted by Gasteiger charge is 2.40. The average Bonchev–Trinajstić information content (AvgIpc) is 4.34. The van der Waals surface area contributed by atoms with E-state index in [4.69, 9.17) is 18.9 Å². The van der Waals surface area contributed by atoms with E-state index in [2.05, 4.69) is 51.4 Å². The van der Waals surface area contributed by atoms with Crippen LogP contribution in [0.1, 0.15) is 145 Å². The van der Waals surface area contributed by atoms with Crippen molar-refractivity contribution in [2.24, 2.45) is 5.92 Å². The Morgan fingerprint density at radius 3 is 2.35 bits per heavy atom. The molecule has 4 heterocycles. The third kappa shape index (κ3) is 16.9. The topological polar surface area (TPSA) is 237 Å². The van der Waals surface area contributed by atoms with Crippen molar-refractivity contribution in [1.29, 1.82) is 0 Å². The minimum atomic E-state index is -0.579. The minimum Gasteiger partial charge on any atom is -0.494 e. The van der Waals surface area contributed by atoms with Gasteiger partial charge in [-0.25, -0.2) is 19.9 Å². The molecule has 0 radical (unpaired) electrons. The second kappa shape index (κ2) is 30.3. The lowest BCUT2D eigenvalue weighted by Gasteiger charge is -2.35. The number of thiazole rings is 1. The molecule has 1 saturated carbocycles. The summed E-state index contributed by atoms with van der Waals surface area (Å²) in [5.41, 5.74) is 3.42. The molecule has 2 aliphatic rings. The van der Waals surface area contributed by atoms with E-state index in [1.807, 2.05) is 60.4 Å². The lowest BCUT2D eigenvalue weighted by molar-refractivity contribution is -0.139. The first-order chi connectivity index (χ1) is 38.7. The Bertz CT molecular complexity index is 2880. The van der Waals surface area contributed by atoms with Gasteiger partial charge in [-0.1, -0.05) is 56.5 Å². The summed E-state index contributed by atoms with van der Waals surface area (Å²) in [6.45, 7) is 7.95. The fraction of sp³-hybridized carbons (Fsp3) is 0.475. The quantitative estimate of drug-likeness (QED) is 0.0202. The molecule has 3 aromatic carbocycles. The van der Waals surface area contributed by atoms with Crippen molar-refractivity contribution in [3.8, 4) is 23.0 Å². The number of hydrogen-bond donors (Lipinski definition) is 5. The summed E-state index contributed by atoms with van der Waals surface area (Å²) >= 11 is 1.33. The van der Waals surface area contributed by atoms with Gasteiger partial charge in [-0.05, 0) is 132 Å². The second-order valence-electron chi connectivity index (χ2n) is 20.0. The molecule has 1 aliphatic carbocycles. The largest absolute Gasteiger partial charge is 0.494 e. The fourth-order valence-electron chi connectivity index (χ4n) is 9.85. The number of benzene rings is 3. The molecule has 8 rings (SSSR count). The number of aromatic nitrogens is 6. The lowest BCUT2D eigenvalue weighted by Crippen LogP contribution is -2.55.